The number of likely N-dealkylation sites (N-methyl/N-ethyl adjacent to an activating group) is 1. The van der Waals surface area contributed by atoms with Crippen LogP contribution < -0.4 is 4.89 Å². The Bertz CT molecular complexity index is 1660. The number of phosphoric ester groups is 1. The molecule has 0 saturated carbocycles. The molecule has 0 aliphatic carbocycles. The topological polar surface area (TPSA) is 111 Å². The van der Waals surface area contributed by atoms with E-state index in [2.05, 4.69) is 98.9 Å². The average Bonchev–Trinajstić information content (AvgIpc) is 3.45. The number of phosphoric acid groups is 1. The number of unbranched alkanes of at least 4 members (excludes halogenated alkanes) is 35. The Kier molecular flexibility index (Phi) is 60.6. The number of hydrogen-bond donors (Lipinski definition) is 0. The van der Waals surface area contributed by atoms with Crippen LogP contribution in [0.2, 0.25) is 0 Å². The van der Waals surface area contributed by atoms with Crippen molar-refractivity contribution in [2.75, 3.05) is 47.5 Å². The number of carbonyl (C=O) groups is 2. The first-order valence-electron chi connectivity index (χ1n) is 34.3. The van der Waals surface area contributed by atoms with Gasteiger partial charge in [-0.1, -0.05) is 298 Å². The molecule has 0 saturated heterocycles. The van der Waals surface area contributed by atoms with E-state index in [1.165, 1.54) is 180 Å². The van der Waals surface area contributed by atoms with Crippen LogP contribution in [0.5, 0.6) is 0 Å². The highest BCUT2D eigenvalue weighted by atomic mass is 31.2. The van der Waals surface area contributed by atoms with Crippen molar-refractivity contribution in [2.24, 2.45) is 0 Å². The predicted octanol–water partition coefficient (Wildman–Crippen LogP) is 21.5. The second-order valence-electron chi connectivity index (χ2n) is 24.1. The van der Waals surface area contributed by atoms with Crippen molar-refractivity contribution in [1.29, 1.82) is 0 Å². The summed E-state index contributed by atoms with van der Waals surface area (Å²) in [4.78, 5) is 37.9. The van der Waals surface area contributed by atoms with Crippen LogP contribution in [0.4, 0.5) is 0 Å². The standard InChI is InChI=1S/C72H130NO8P/c1-6-8-10-12-14-16-18-20-22-24-25-26-27-28-29-30-31-32-33-34-35-36-37-38-39-40-41-42-43-44-45-46-47-49-51-53-55-57-59-61-63-65-72(75)81-70(69-80-82(76,77)79-67-66-73(3,4)5)68-78-71(74)64-62-60-58-56-54-52-50-48-23-21-19-17-15-13-11-9-7-2/h8-11,14-17,20-23,25-26,70H,6-7,12-13,18-19,24,27-69H2,1-5H3/b10-8-,11-9-,16-14-,17-15-,22-20-,23-21-,26-25-. The third kappa shape index (κ3) is 66.3. The lowest BCUT2D eigenvalue weighted by molar-refractivity contribution is -0.870. The number of quaternary nitrogens is 1. The molecule has 0 fully saturated rings. The molecule has 10 heteroatoms. The molecule has 0 aromatic carbocycles. The van der Waals surface area contributed by atoms with Crippen molar-refractivity contribution in [2.45, 2.75) is 315 Å². The number of carbonyl (C=O) groups excluding carboxylic acids is 2. The van der Waals surface area contributed by atoms with Gasteiger partial charge in [0.2, 0.25) is 0 Å². The van der Waals surface area contributed by atoms with Gasteiger partial charge >= 0.3 is 11.9 Å². The predicted molar refractivity (Wildman–Crippen MR) is 351 cm³/mol. The second-order valence-corrected chi connectivity index (χ2v) is 25.5. The molecular weight excluding hydrogens is 1040 g/mol. The monoisotopic (exact) mass is 1170 g/mol. The Morgan fingerprint density at radius 3 is 0.976 bits per heavy atom. The summed E-state index contributed by atoms with van der Waals surface area (Å²) in [6.45, 7) is 4.03. The summed E-state index contributed by atoms with van der Waals surface area (Å²) in [6.07, 6.45) is 85.4. The Morgan fingerprint density at radius 1 is 0.378 bits per heavy atom. The van der Waals surface area contributed by atoms with Crippen molar-refractivity contribution in [3.63, 3.8) is 0 Å². The van der Waals surface area contributed by atoms with Crippen molar-refractivity contribution in [1.82, 2.24) is 0 Å². The molecule has 0 spiro atoms. The Morgan fingerprint density at radius 2 is 0.659 bits per heavy atom. The Balaban J connectivity index is 3.89. The smallest absolute Gasteiger partial charge is 0.306 e. The van der Waals surface area contributed by atoms with Gasteiger partial charge in [0.25, 0.3) is 7.82 Å². The molecule has 0 radical (unpaired) electrons. The summed E-state index contributed by atoms with van der Waals surface area (Å²) in [7, 11) is 1.17. The van der Waals surface area contributed by atoms with Gasteiger partial charge in [0.1, 0.15) is 19.8 Å². The normalized spacial score (nSPS) is 13.7. The van der Waals surface area contributed by atoms with Crippen LogP contribution in [0.1, 0.15) is 309 Å². The van der Waals surface area contributed by atoms with Gasteiger partial charge in [-0.05, 0) is 83.5 Å². The first kappa shape index (κ1) is 79.2. The highest BCUT2D eigenvalue weighted by molar-refractivity contribution is 7.45. The third-order valence-corrected chi connectivity index (χ3v) is 15.9. The molecule has 0 aromatic heterocycles. The minimum atomic E-state index is -4.64. The van der Waals surface area contributed by atoms with Gasteiger partial charge in [-0.15, -0.1) is 0 Å². The maximum atomic E-state index is 12.8. The van der Waals surface area contributed by atoms with Crippen LogP contribution >= 0.6 is 7.82 Å². The highest BCUT2D eigenvalue weighted by Gasteiger charge is 2.22. The molecular formula is C72H130NO8P. The molecule has 0 aromatic rings. The van der Waals surface area contributed by atoms with Gasteiger partial charge in [0, 0.05) is 12.8 Å². The van der Waals surface area contributed by atoms with Crippen molar-refractivity contribution < 1.29 is 42.1 Å². The first-order valence-corrected chi connectivity index (χ1v) is 35.8. The van der Waals surface area contributed by atoms with E-state index in [-0.39, 0.29) is 32.0 Å². The number of ether oxygens (including phenoxy) is 2. The van der Waals surface area contributed by atoms with Crippen LogP contribution in [-0.4, -0.2) is 70.0 Å². The van der Waals surface area contributed by atoms with Crippen LogP contribution in [0, 0.1) is 0 Å². The van der Waals surface area contributed by atoms with Crippen molar-refractivity contribution >= 4 is 19.8 Å². The van der Waals surface area contributed by atoms with Gasteiger partial charge < -0.3 is 27.9 Å². The van der Waals surface area contributed by atoms with Gasteiger partial charge in [-0.2, -0.15) is 0 Å². The van der Waals surface area contributed by atoms with E-state index in [9.17, 15) is 19.0 Å². The largest absolute Gasteiger partial charge is 0.756 e. The average molecular weight is 1170 g/mol. The maximum Gasteiger partial charge on any atom is 0.306 e. The minimum Gasteiger partial charge on any atom is -0.756 e. The lowest BCUT2D eigenvalue weighted by Gasteiger charge is -2.28. The van der Waals surface area contributed by atoms with Gasteiger partial charge in [-0.3, -0.25) is 14.2 Å². The number of allylic oxidation sites excluding steroid dienone is 14. The number of esters is 2. The van der Waals surface area contributed by atoms with E-state index >= 15 is 0 Å². The fourth-order valence-electron chi connectivity index (χ4n) is 9.72. The van der Waals surface area contributed by atoms with E-state index in [1.807, 2.05) is 21.1 Å². The Labute approximate surface area is 507 Å². The zero-order chi connectivity index (χ0) is 59.8. The molecule has 0 N–H and O–H groups in total. The summed E-state index contributed by atoms with van der Waals surface area (Å²) in [5.74, 6) is -0.835. The molecule has 0 bridgehead atoms. The molecule has 0 aliphatic heterocycles. The van der Waals surface area contributed by atoms with Crippen LogP contribution in [-0.2, 0) is 32.7 Å². The van der Waals surface area contributed by atoms with Gasteiger partial charge in [-0.25, -0.2) is 0 Å². The molecule has 82 heavy (non-hydrogen) atoms. The fourth-order valence-corrected chi connectivity index (χ4v) is 10.5. The second kappa shape index (κ2) is 62.7. The molecule has 2 unspecified atom stereocenters. The summed E-state index contributed by atoms with van der Waals surface area (Å²) in [5, 5.41) is 0. The van der Waals surface area contributed by atoms with Crippen molar-refractivity contribution in [3.8, 4) is 0 Å². The molecule has 9 nitrogen and oxygen atoms in total. The Hall–Kier alpha value is -2.81. The van der Waals surface area contributed by atoms with Crippen molar-refractivity contribution in [3.05, 3.63) is 85.1 Å². The van der Waals surface area contributed by atoms with Crippen LogP contribution in [0.15, 0.2) is 85.1 Å². The van der Waals surface area contributed by atoms with Crippen LogP contribution in [0.3, 0.4) is 0 Å². The molecule has 2 atom stereocenters. The number of hydrogen-bond acceptors (Lipinski definition) is 8. The van der Waals surface area contributed by atoms with E-state index in [1.54, 1.807) is 0 Å². The summed E-state index contributed by atoms with van der Waals surface area (Å²) in [5.41, 5.74) is 0. The van der Waals surface area contributed by atoms with E-state index in [0.717, 1.165) is 96.3 Å². The summed E-state index contributed by atoms with van der Waals surface area (Å²) in [6, 6.07) is 0. The maximum absolute atomic E-state index is 12.8. The molecule has 476 valence electrons. The zero-order valence-corrected chi connectivity index (χ0v) is 55.1. The lowest BCUT2D eigenvalue weighted by Crippen LogP contribution is -2.37. The molecule has 0 rings (SSSR count). The van der Waals surface area contributed by atoms with E-state index in [0.29, 0.717) is 17.4 Å². The number of nitrogens with zero attached hydrogens (tertiary/aromatic N) is 1. The highest BCUT2D eigenvalue weighted by Crippen LogP contribution is 2.38. The summed E-state index contributed by atoms with van der Waals surface area (Å²) < 4.78 is 34.2. The SMILES string of the molecule is CC/C=C\C/C=C\C/C=C\C/C=C\CCCCCCCCCCCCCCCCCCCCCCCCCCCCCCC(=O)OC(COC(=O)CCCCCCCCC/C=C\C/C=C\C/C=C\CC)COP(=O)([O-])OCC[N+](C)(C)C. The number of rotatable bonds is 63. The third-order valence-electron chi connectivity index (χ3n) is 14.9. The zero-order valence-electron chi connectivity index (χ0n) is 54.2. The van der Waals surface area contributed by atoms with Gasteiger partial charge in [0.15, 0.2) is 6.10 Å². The molecule has 0 amide bonds. The minimum absolute atomic E-state index is 0.0332. The lowest BCUT2D eigenvalue weighted by atomic mass is 10.0. The summed E-state index contributed by atoms with van der Waals surface area (Å²) >= 11 is 0. The fraction of sp³-hybridized carbons (Fsp3) is 0.778. The van der Waals surface area contributed by atoms with Crippen LogP contribution in [0.25, 0.3) is 0 Å². The quantitative estimate of drug-likeness (QED) is 0.0195. The molecule has 0 aliphatic rings. The van der Waals surface area contributed by atoms with E-state index in [4.69, 9.17) is 18.5 Å². The first-order chi connectivity index (χ1) is 40.0. The molecule has 0 heterocycles. The van der Waals surface area contributed by atoms with E-state index < -0.39 is 26.5 Å². The van der Waals surface area contributed by atoms with Gasteiger partial charge in [0.05, 0.1) is 27.7 Å².